The third-order valence-corrected chi connectivity index (χ3v) is 4.94. The highest BCUT2D eigenvalue weighted by molar-refractivity contribution is 4.84. The molecule has 0 aromatic heterocycles. The highest BCUT2D eigenvalue weighted by Crippen LogP contribution is 2.26. The van der Waals surface area contributed by atoms with Crippen molar-refractivity contribution in [2.24, 2.45) is 0 Å². The van der Waals surface area contributed by atoms with E-state index in [0.717, 1.165) is 25.9 Å². The van der Waals surface area contributed by atoms with E-state index in [9.17, 15) is 5.11 Å². The zero-order valence-electron chi connectivity index (χ0n) is 12.7. The largest absolute Gasteiger partial charge is 0.389 e. The first kappa shape index (κ1) is 15.3. The summed E-state index contributed by atoms with van der Waals surface area (Å²) in [5.74, 6) is 0. The minimum Gasteiger partial charge on any atom is -0.389 e. The van der Waals surface area contributed by atoms with Gasteiger partial charge in [0.1, 0.15) is 0 Å². The van der Waals surface area contributed by atoms with E-state index in [0.29, 0.717) is 6.04 Å². The molecule has 0 aromatic rings. The predicted molar refractivity (Wildman–Crippen MR) is 80.4 cm³/mol. The SMILES string of the molecule is CC(CNCC1(O)CCCCCC1)N1CCCCC1. The van der Waals surface area contributed by atoms with Crippen LogP contribution in [0.1, 0.15) is 64.7 Å². The maximum Gasteiger partial charge on any atom is 0.0771 e. The van der Waals surface area contributed by atoms with E-state index in [4.69, 9.17) is 0 Å². The van der Waals surface area contributed by atoms with Crippen LogP contribution in [0.15, 0.2) is 0 Å². The van der Waals surface area contributed by atoms with Gasteiger partial charge in [0.05, 0.1) is 5.60 Å². The topological polar surface area (TPSA) is 35.5 Å². The maximum absolute atomic E-state index is 10.6. The molecule has 0 radical (unpaired) electrons. The fourth-order valence-corrected chi connectivity index (χ4v) is 3.57. The molecule has 112 valence electrons. The van der Waals surface area contributed by atoms with Crippen LogP contribution in [0.4, 0.5) is 0 Å². The molecule has 1 unspecified atom stereocenters. The summed E-state index contributed by atoms with van der Waals surface area (Å²) in [6, 6.07) is 0.606. The van der Waals surface area contributed by atoms with Crippen LogP contribution in [0.3, 0.4) is 0 Å². The Labute approximate surface area is 118 Å². The summed E-state index contributed by atoms with van der Waals surface area (Å²) < 4.78 is 0. The van der Waals surface area contributed by atoms with Crippen molar-refractivity contribution in [2.45, 2.75) is 76.4 Å². The van der Waals surface area contributed by atoms with Crippen molar-refractivity contribution >= 4 is 0 Å². The van der Waals surface area contributed by atoms with Crippen LogP contribution >= 0.6 is 0 Å². The fourth-order valence-electron chi connectivity index (χ4n) is 3.57. The smallest absolute Gasteiger partial charge is 0.0771 e. The quantitative estimate of drug-likeness (QED) is 0.752. The molecule has 19 heavy (non-hydrogen) atoms. The Kier molecular flexibility index (Phi) is 6.11. The first-order valence-corrected chi connectivity index (χ1v) is 8.37. The fraction of sp³-hybridized carbons (Fsp3) is 1.00. The third-order valence-electron chi connectivity index (χ3n) is 4.94. The first-order valence-electron chi connectivity index (χ1n) is 8.37. The van der Waals surface area contributed by atoms with Crippen molar-refractivity contribution in [3.63, 3.8) is 0 Å². The molecule has 1 heterocycles. The lowest BCUT2D eigenvalue weighted by atomic mass is 9.94. The van der Waals surface area contributed by atoms with Crippen LogP contribution in [0, 0.1) is 0 Å². The second kappa shape index (κ2) is 7.61. The Bertz CT molecular complexity index is 243. The Morgan fingerprint density at radius 2 is 1.58 bits per heavy atom. The molecule has 1 aliphatic carbocycles. The zero-order valence-corrected chi connectivity index (χ0v) is 12.7. The summed E-state index contributed by atoms with van der Waals surface area (Å²) in [6.07, 6.45) is 11.1. The number of hydrogen-bond acceptors (Lipinski definition) is 3. The molecule has 2 aliphatic rings. The van der Waals surface area contributed by atoms with Gasteiger partial charge >= 0.3 is 0 Å². The number of nitrogens with one attached hydrogen (secondary N) is 1. The summed E-state index contributed by atoms with van der Waals surface area (Å²) in [7, 11) is 0. The van der Waals surface area contributed by atoms with E-state index in [-0.39, 0.29) is 0 Å². The lowest BCUT2D eigenvalue weighted by molar-refractivity contribution is 0.0235. The Morgan fingerprint density at radius 3 is 2.21 bits per heavy atom. The van der Waals surface area contributed by atoms with Crippen LogP contribution in [0.5, 0.6) is 0 Å². The van der Waals surface area contributed by atoms with Gasteiger partial charge in [-0.3, -0.25) is 4.90 Å². The van der Waals surface area contributed by atoms with Crippen LogP contribution in [-0.2, 0) is 0 Å². The molecule has 1 aliphatic heterocycles. The van der Waals surface area contributed by atoms with Gasteiger partial charge in [0, 0.05) is 19.1 Å². The second-order valence-electron chi connectivity index (χ2n) is 6.72. The summed E-state index contributed by atoms with van der Waals surface area (Å²) >= 11 is 0. The standard InChI is InChI=1S/C16H32N2O/c1-15(18-11-7-4-8-12-18)13-17-14-16(19)9-5-2-3-6-10-16/h15,17,19H,2-14H2,1H3. The summed E-state index contributed by atoms with van der Waals surface area (Å²) in [6.45, 7) is 6.63. The molecule has 0 amide bonds. The van der Waals surface area contributed by atoms with E-state index in [1.165, 1.54) is 58.0 Å². The number of piperidine rings is 1. The molecular weight excluding hydrogens is 236 g/mol. The zero-order chi connectivity index (χ0) is 13.6. The number of aliphatic hydroxyl groups is 1. The van der Waals surface area contributed by atoms with Gasteiger partial charge in [0.25, 0.3) is 0 Å². The van der Waals surface area contributed by atoms with Crippen molar-refractivity contribution in [1.82, 2.24) is 10.2 Å². The molecule has 0 bridgehead atoms. The Balaban J connectivity index is 1.66. The second-order valence-corrected chi connectivity index (χ2v) is 6.72. The summed E-state index contributed by atoms with van der Waals surface area (Å²) in [5, 5.41) is 14.1. The van der Waals surface area contributed by atoms with Crippen molar-refractivity contribution in [3.05, 3.63) is 0 Å². The van der Waals surface area contributed by atoms with Gasteiger partial charge in [-0.15, -0.1) is 0 Å². The predicted octanol–water partition coefficient (Wildman–Crippen LogP) is 2.54. The summed E-state index contributed by atoms with van der Waals surface area (Å²) in [4.78, 5) is 2.59. The van der Waals surface area contributed by atoms with E-state index >= 15 is 0 Å². The monoisotopic (exact) mass is 268 g/mol. The Morgan fingerprint density at radius 1 is 1.00 bits per heavy atom. The highest BCUT2D eigenvalue weighted by Gasteiger charge is 2.27. The number of rotatable bonds is 5. The third kappa shape index (κ3) is 5.05. The lowest BCUT2D eigenvalue weighted by Gasteiger charge is -2.34. The molecule has 2 rings (SSSR count). The molecule has 3 heteroatoms. The van der Waals surface area contributed by atoms with Crippen LogP contribution in [0.2, 0.25) is 0 Å². The minimum atomic E-state index is -0.432. The van der Waals surface area contributed by atoms with Gasteiger partial charge in [-0.25, -0.2) is 0 Å². The molecule has 3 nitrogen and oxygen atoms in total. The van der Waals surface area contributed by atoms with Gasteiger partial charge in [-0.05, 0) is 45.7 Å². The molecule has 0 aromatic carbocycles. The van der Waals surface area contributed by atoms with Crippen molar-refractivity contribution in [1.29, 1.82) is 0 Å². The van der Waals surface area contributed by atoms with E-state index in [2.05, 4.69) is 17.1 Å². The maximum atomic E-state index is 10.6. The average Bonchev–Trinajstić information content (AvgIpc) is 2.65. The van der Waals surface area contributed by atoms with Gasteiger partial charge in [0.15, 0.2) is 0 Å². The molecule has 1 saturated heterocycles. The van der Waals surface area contributed by atoms with Crippen LogP contribution in [0.25, 0.3) is 0 Å². The number of likely N-dealkylation sites (tertiary alicyclic amines) is 1. The van der Waals surface area contributed by atoms with Crippen molar-refractivity contribution < 1.29 is 5.11 Å². The van der Waals surface area contributed by atoms with Crippen molar-refractivity contribution in [2.75, 3.05) is 26.2 Å². The normalized spacial score (nSPS) is 26.8. The van der Waals surface area contributed by atoms with Gasteiger partial charge < -0.3 is 10.4 Å². The highest BCUT2D eigenvalue weighted by atomic mass is 16.3. The van der Waals surface area contributed by atoms with Crippen LogP contribution < -0.4 is 5.32 Å². The van der Waals surface area contributed by atoms with E-state index < -0.39 is 5.60 Å². The average molecular weight is 268 g/mol. The number of hydrogen-bond donors (Lipinski definition) is 2. The Hall–Kier alpha value is -0.120. The summed E-state index contributed by atoms with van der Waals surface area (Å²) in [5.41, 5.74) is -0.432. The van der Waals surface area contributed by atoms with E-state index in [1.807, 2.05) is 0 Å². The van der Waals surface area contributed by atoms with Crippen LogP contribution in [-0.4, -0.2) is 47.8 Å². The molecule has 0 spiro atoms. The molecule has 1 saturated carbocycles. The lowest BCUT2D eigenvalue weighted by Crippen LogP contribution is -2.47. The molecule has 2 fully saturated rings. The molecule has 1 atom stereocenters. The first-order chi connectivity index (χ1) is 9.20. The van der Waals surface area contributed by atoms with Gasteiger partial charge in [0.2, 0.25) is 0 Å². The van der Waals surface area contributed by atoms with E-state index in [1.54, 1.807) is 0 Å². The van der Waals surface area contributed by atoms with Crippen molar-refractivity contribution in [3.8, 4) is 0 Å². The number of nitrogens with zero attached hydrogens (tertiary/aromatic N) is 1. The molecule has 2 N–H and O–H groups in total. The van der Waals surface area contributed by atoms with Gasteiger partial charge in [-0.2, -0.15) is 0 Å². The van der Waals surface area contributed by atoms with Gasteiger partial charge in [-0.1, -0.05) is 32.1 Å². The molecular formula is C16H32N2O. The minimum absolute atomic E-state index is 0.432.